The molecule has 2 fully saturated rings. The molecule has 2 atom stereocenters. The standard InChI is InChI=1S/C12H16N2O2/c15-12-11-7-14(5-9-2-4-16-8-9)6-10(11)1-3-13-12/h2,4,8,10-11H,1,3,5-7H2,(H,13,15). The van der Waals surface area contributed by atoms with Crippen LogP contribution in [0.25, 0.3) is 0 Å². The molecule has 3 rings (SSSR count). The first kappa shape index (κ1) is 9.90. The Bertz CT molecular complexity index is 374. The Kier molecular flexibility index (Phi) is 2.44. The number of likely N-dealkylation sites (tertiary alicyclic amines) is 1. The van der Waals surface area contributed by atoms with Gasteiger partial charge in [-0.15, -0.1) is 0 Å². The fourth-order valence-electron chi connectivity index (χ4n) is 2.83. The predicted molar refractivity (Wildman–Crippen MR) is 58.6 cm³/mol. The predicted octanol–water partition coefficient (Wildman–Crippen LogP) is 0.847. The summed E-state index contributed by atoms with van der Waals surface area (Å²) >= 11 is 0. The first-order valence-electron chi connectivity index (χ1n) is 5.84. The van der Waals surface area contributed by atoms with Crippen molar-refractivity contribution in [1.29, 1.82) is 0 Å². The van der Waals surface area contributed by atoms with Crippen LogP contribution in [0, 0.1) is 11.8 Å². The molecule has 16 heavy (non-hydrogen) atoms. The van der Waals surface area contributed by atoms with Crippen LogP contribution in [0.3, 0.4) is 0 Å². The number of furan rings is 1. The summed E-state index contributed by atoms with van der Waals surface area (Å²) < 4.78 is 5.06. The Morgan fingerprint density at radius 3 is 3.19 bits per heavy atom. The molecule has 1 aromatic heterocycles. The molecule has 2 aliphatic rings. The van der Waals surface area contributed by atoms with Crippen molar-refractivity contribution in [3.63, 3.8) is 0 Å². The van der Waals surface area contributed by atoms with E-state index in [2.05, 4.69) is 10.2 Å². The maximum atomic E-state index is 11.7. The van der Waals surface area contributed by atoms with Gasteiger partial charge in [-0.25, -0.2) is 0 Å². The third-order valence-corrected chi connectivity index (χ3v) is 3.65. The molecule has 0 aromatic carbocycles. The van der Waals surface area contributed by atoms with Crippen LogP contribution in [0.15, 0.2) is 23.0 Å². The summed E-state index contributed by atoms with van der Waals surface area (Å²) in [5.74, 6) is 1.01. The van der Waals surface area contributed by atoms with Crippen molar-refractivity contribution in [2.45, 2.75) is 13.0 Å². The summed E-state index contributed by atoms with van der Waals surface area (Å²) in [4.78, 5) is 14.0. The third-order valence-electron chi connectivity index (χ3n) is 3.65. The summed E-state index contributed by atoms with van der Waals surface area (Å²) in [5.41, 5.74) is 1.19. The monoisotopic (exact) mass is 220 g/mol. The molecule has 4 nitrogen and oxygen atoms in total. The molecule has 4 heteroatoms. The molecule has 2 aliphatic heterocycles. The average molecular weight is 220 g/mol. The lowest BCUT2D eigenvalue weighted by Crippen LogP contribution is -2.41. The van der Waals surface area contributed by atoms with Gasteiger partial charge in [0.05, 0.1) is 18.4 Å². The number of rotatable bonds is 2. The molecule has 3 heterocycles. The first-order chi connectivity index (χ1) is 7.83. The lowest BCUT2D eigenvalue weighted by Gasteiger charge is -2.23. The van der Waals surface area contributed by atoms with Gasteiger partial charge in [-0.3, -0.25) is 9.69 Å². The Morgan fingerprint density at radius 1 is 1.50 bits per heavy atom. The van der Waals surface area contributed by atoms with Gasteiger partial charge in [-0.2, -0.15) is 0 Å². The molecule has 1 N–H and O–H groups in total. The van der Waals surface area contributed by atoms with Crippen LogP contribution >= 0.6 is 0 Å². The molecule has 1 aromatic rings. The van der Waals surface area contributed by atoms with Crippen LogP contribution in [0.5, 0.6) is 0 Å². The molecular weight excluding hydrogens is 204 g/mol. The fraction of sp³-hybridized carbons (Fsp3) is 0.583. The zero-order chi connectivity index (χ0) is 11.0. The van der Waals surface area contributed by atoms with Gasteiger partial charge in [0.25, 0.3) is 0 Å². The van der Waals surface area contributed by atoms with E-state index in [1.807, 2.05) is 6.07 Å². The van der Waals surface area contributed by atoms with E-state index >= 15 is 0 Å². The Labute approximate surface area is 94.6 Å². The number of hydrogen-bond donors (Lipinski definition) is 1. The average Bonchev–Trinajstić information content (AvgIpc) is 2.88. The van der Waals surface area contributed by atoms with Gasteiger partial charge in [0.2, 0.25) is 5.91 Å². The molecule has 0 bridgehead atoms. The zero-order valence-electron chi connectivity index (χ0n) is 9.19. The van der Waals surface area contributed by atoms with Crippen LogP contribution in [0.1, 0.15) is 12.0 Å². The maximum absolute atomic E-state index is 11.7. The van der Waals surface area contributed by atoms with Gasteiger partial charge in [0, 0.05) is 31.7 Å². The lowest BCUT2D eigenvalue weighted by atomic mass is 9.89. The molecule has 86 valence electrons. The van der Waals surface area contributed by atoms with Crippen molar-refractivity contribution in [2.24, 2.45) is 11.8 Å². The van der Waals surface area contributed by atoms with Crippen molar-refractivity contribution in [1.82, 2.24) is 10.2 Å². The second-order valence-electron chi connectivity index (χ2n) is 4.77. The molecule has 0 radical (unpaired) electrons. The Hall–Kier alpha value is -1.29. The summed E-state index contributed by atoms with van der Waals surface area (Å²) in [6, 6.07) is 1.99. The highest BCUT2D eigenvalue weighted by Crippen LogP contribution is 2.29. The molecule has 0 saturated carbocycles. The molecule has 2 saturated heterocycles. The third kappa shape index (κ3) is 1.73. The quantitative estimate of drug-likeness (QED) is 0.803. The van der Waals surface area contributed by atoms with Crippen molar-refractivity contribution >= 4 is 5.91 Å². The van der Waals surface area contributed by atoms with Crippen LogP contribution in [0.2, 0.25) is 0 Å². The summed E-state index contributed by atoms with van der Waals surface area (Å²) in [7, 11) is 0. The van der Waals surface area contributed by atoms with Crippen LogP contribution < -0.4 is 5.32 Å². The summed E-state index contributed by atoms with van der Waals surface area (Å²) in [5, 5.41) is 2.95. The number of piperidine rings is 1. The minimum absolute atomic E-state index is 0.209. The van der Waals surface area contributed by atoms with E-state index in [9.17, 15) is 4.79 Å². The van der Waals surface area contributed by atoms with E-state index in [0.29, 0.717) is 5.92 Å². The van der Waals surface area contributed by atoms with Gasteiger partial charge >= 0.3 is 0 Å². The lowest BCUT2D eigenvalue weighted by molar-refractivity contribution is -0.127. The molecule has 0 spiro atoms. The Balaban J connectivity index is 1.65. The first-order valence-corrected chi connectivity index (χ1v) is 5.84. The van der Waals surface area contributed by atoms with Crippen LogP contribution in [-0.2, 0) is 11.3 Å². The topological polar surface area (TPSA) is 45.5 Å². The largest absolute Gasteiger partial charge is 0.472 e. The van der Waals surface area contributed by atoms with E-state index in [1.54, 1.807) is 12.5 Å². The smallest absolute Gasteiger partial charge is 0.224 e. The van der Waals surface area contributed by atoms with Crippen LogP contribution in [-0.4, -0.2) is 30.4 Å². The highest BCUT2D eigenvalue weighted by Gasteiger charge is 2.39. The molecule has 2 unspecified atom stereocenters. The second kappa shape index (κ2) is 3.94. The van der Waals surface area contributed by atoms with E-state index in [1.165, 1.54) is 5.56 Å². The fourth-order valence-corrected chi connectivity index (χ4v) is 2.83. The van der Waals surface area contributed by atoms with E-state index < -0.39 is 0 Å². The van der Waals surface area contributed by atoms with Gasteiger partial charge < -0.3 is 9.73 Å². The van der Waals surface area contributed by atoms with Crippen molar-refractivity contribution < 1.29 is 9.21 Å². The summed E-state index contributed by atoms with van der Waals surface area (Å²) in [6.07, 6.45) is 4.60. The SMILES string of the molecule is O=C1NCCC2CN(Cc3ccoc3)CC12. The van der Waals surface area contributed by atoms with Gasteiger partial charge in [-0.1, -0.05) is 0 Å². The maximum Gasteiger partial charge on any atom is 0.224 e. The zero-order valence-corrected chi connectivity index (χ0v) is 9.19. The van der Waals surface area contributed by atoms with E-state index in [-0.39, 0.29) is 11.8 Å². The number of carbonyl (C=O) groups is 1. The minimum atomic E-state index is 0.209. The van der Waals surface area contributed by atoms with E-state index in [0.717, 1.165) is 32.6 Å². The normalized spacial score (nSPS) is 30.1. The van der Waals surface area contributed by atoms with Crippen molar-refractivity contribution in [3.05, 3.63) is 24.2 Å². The number of nitrogens with one attached hydrogen (secondary N) is 1. The van der Waals surface area contributed by atoms with Gasteiger partial charge in [0.15, 0.2) is 0 Å². The highest BCUT2D eigenvalue weighted by molar-refractivity contribution is 5.80. The Morgan fingerprint density at radius 2 is 2.44 bits per heavy atom. The summed E-state index contributed by atoms with van der Waals surface area (Å²) in [6.45, 7) is 3.68. The van der Waals surface area contributed by atoms with Gasteiger partial charge in [0.1, 0.15) is 0 Å². The molecule has 0 aliphatic carbocycles. The molecular formula is C12H16N2O2. The number of carbonyl (C=O) groups excluding carboxylic acids is 1. The molecule has 1 amide bonds. The van der Waals surface area contributed by atoms with Crippen molar-refractivity contribution in [3.8, 4) is 0 Å². The number of amides is 1. The van der Waals surface area contributed by atoms with Crippen LogP contribution in [0.4, 0.5) is 0 Å². The second-order valence-corrected chi connectivity index (χ2v) is 4.77. The van der Waals surface area contributed by atoms with Crippen molar-refractivity contribution in [2.75, 3.05) is 19.6 Å². The number of nitrogens with zero attached hydrogens (tertiary/aromatic N) is 1. The number of fused-ring (bicyclic) bond motifs is 1. The minimum Gasteiger partial charge on any atom is -0.472 e. The van der Waals surface area contributed by atoms with E-state index in [4.69, 9.17) is 4.42 Å². The van der Waals surface area contributed by atoms with Gasteiger partial charge in [-0.05, 0) is 18.4 Å². The number of hydrogen-bond acceptors (Lipinski definition) is 3. The highest BCUT2D eigenvalue weighted by atomic mass is 16.3.